The van der Waals surface area contributed by atoms with E-state index in [2.05, 4.69) is 11.9 Å². The molecule has 7 nitrogen and oxygen atoms in total. The highest BCUT2D eigenvalue weighted by molar-refractivity contribution is 7.99. The van der Waals surface area contributed by atoms with E-state index in [9.17, 15) is 14.4 Å². The van der Waals surface area contributed by atoms with E-state index in [1.54, 1.807) is 11.8 Å². The smallest absolute Gasteiger partial charge is 0.328 e. The molecule has 164 valence electrons. The zero-order valence-electron chi connectivity index (χ0n) is 16.9. The van der Waals surface area contributed by atoms with Crippen molar-refractivity contribution < 1.29 is 24.6 Å². The number of carbonyl (C=O) groups is 3. The van der Waals surface area contributed by atoms with E-state index in [0.29, 0.717) is 12.2 Å². The van der Waals surface area contributed by atoms with Gasteiger partial charge < -0.3 is 20.0 Å². The van der Waals surface area contributed by atoms with E-state index in [-0.39, 0.29) is 5.91 Å². The van der Waals surface area contributed by atoms with Crippen molar-refractivity contribution in [1.82, 2.24) is 9.80 Å². The number of benzene rings is 2. The summed E-state index contributed by atoms with van der Waals surface area (Å²) in [7, 11) is 2.09. The number of likely N-dealkylation sites (N-methyl/N-ethyl adjacent to an activating group) is 1. The van der Waals surface area contributed by atoms with Crippen LogP contribution in [0.1, 0.15) is 10.4 Å². The van der Waals surface area contributed by atoms with Crippen molar-refractivity contribution in [2.45, 2.75) is 9.79 Å². The van der Waals surface area contributed by atoms with E-state index in [4.69, 9.17) is 21.8 Å². The van der Waals surface area contributed by atoms with Gasteiger partial charge >= 0.3 is 11.9 Å². The number of amides is 1. The number of carboxylic acid groups (broad SMARTS) is 2. The first kappa shape index (κ1) is 24.5. The number of carboxylic acids is 2. The Bertz CT molecular complexity index is 925. The van der Waals surface area contributed by atoms with Gasteiger partial charge in [-0.3, -0.25) is 4.79 Å². The molecule has 1 aliphatic rings. The van der Waals surface area contributed by atoms with Crippen LogP contribution in [-0.4, -0.2) is 71.1 Å². The van der Waals surface area contributed by atoms with Crippen LogP contribution in [0, 0.1) is 0 Å². The van der Waals surface area contributed by atoms with Crippen molar-refractivity contribution in [1.29, 1.82) is 0 Å². The summed E-state index contributed by atoms with van der Waals surface area (Å²) in [4.78, 5) is 38.2. The van der Waals surface area contributed by atoms with Crippen LogP contribution in [0.2, 0.25) is 5.02 Å². The molecule has 2 N–H and O–H groups in total. The molecule has 0 bridgehead atoms. The third-order valence-corrected chi connectivity index (χ3v) is 5.65. The number of piperazine rings is 1. The summed E-state index contributed by atoms with van der Waals surface area (Å²) in [5, 5.41) is 16.3. The SMILES string of the molecule is CN1CCN(C(=O)c2ccccc2Sc2ccc(Cl)cc2)CC1.O=C(O)/C=C\C(=O)O. The highest BCUT2D eigenvalue weighted by Crippen LogP contribution is 2.31. The van der Waals surface area contributed by atoms with Crippen LogP contribution >= 0.6 is 23.4 Å². The van der Waals surface area contributed by atoms with E-state index < -0.39 is 11.9 Å². The first-order chi connectivity index (χ1) is 14.8. The summed E-state index contributed by atoms with van der Waals surface area (Å²) in [6.45, 7) is 3.43. The fourth-order valence-corrected chi connectivity index (χ4v) is 3.75. The average molecular weight is 463 g/mol. The molecule has 1 fully saturated rings. The highest BCUT2D eigenvalue weighted by atomic mass is 35.5. The van der Waals surface area contributed by atoms with Crippen molar-refractivity contribution >= 4 is 41.2 Å². The number of hydrogen-bond donors (Lipinski definition) is 2. The fraction of sp³-hybridized carbons (Fsp3) is 0.227. The molecule has 2 aromatic carbocycles. The molecule has 1 aliphatic heterocycles. The Labute approximate surface area is 189 Å². The molecule has 3 rings (SSSR count). The quantitative estimate of drug-likeness (QED) is 0.655. The summed E-state index contributed by atoms with van der Waals surface area (Å²) in [5.41, 5.74) is 0.775. The molecule has 31 heavy (non-hydrogen) atoms. The topological polar surface area (TPSA) is 98.2 Å². The van der Waals surface area contributed by atoms with Gasteiger partial charge in [-0.2, -0.15) is 0 Å². The lowest BCUT2D eigenvalue weighted by atomic mass is 10.2. The van der Waals surface area contributed by atoms with Gasteiger partial charge in [-0.1, -0.05) is 35.5 Å². The number of hydrogen-bond acceptors (Lipinski definition) is 5. The predicted octanol–water partition coefficient (Wildman–Crippen LogP) is 3.59. The zero-order valence-corrected chi connectivity index (χ0v) is 18.5. The Morgan fingerprint density at radius 2 is 1.45 bits per heavy atom. The van der Waals surface area contributed by atoms with Crippen LogP contribution in [0.3, 0.4) is 0 Å². The number of carbonyl (C=O) groups excluding carboxylic acids is 1. The molecule has 0 spiro atoms. The van der Waals surface area contributed by atoms with Crippen molar-refractivity contribution in [3.63, 3.8) is 0 Å². The Morgan fingerprint density at radius 3 is 2.00 bits per heavy atom. The van der Waals surface area contributed by atoms with Gasteiger partial charge in [0, 0.05) is 53.1 Å². The molecule has 2 aromatic rings. The van der Waals surface area contributed by atoms with Crippen LogP contribution in [0.5, 0.6) is 0 Å². The van der Waals surface area contributed by atoms with Crippen molar-refractivity contribution in [3.05, 3.63) is 71.3 Å². The molecule has 1 amide bonds. The minimum Gasteiger partial charge on any atom is -0.478 e. The maximum absolute atomic E-state index is 12.8. The maximum atomic E-state index is 12.8. The second-order valence-electron chi connectivity index (χ2n) is 6.66. The molecule has 0 radical (unpaired) electrons. The van der Waals surface area contributed by atoms with Crippen LogP contribution in [0.4, 0.5) is 0 Å². The lowest BCUT2D eigenvalue weighted by molar-refractivity contribution is -0.134. The summed E-state index contributed by atoms with van der Waals surface area (Å²) in [6.07, 6.45) is 1.12. The van der Waals surface area contributed by atoms with E-state index >= 15 is 0 Å². The molecule has 9 heteroatoms. The van der Waals surface area contributed by atoms with Gasteiger partial charge in [0.15, 0.2) is 0 Å². The van der Waals surface area contributed by atoms with Gasteiger partial charge in [0.25, 0.3) is 5.91 Å². The van der Waals surface area contributed by atoms with Gasteiger partial charge in [0.1, 0.15) is 0 Å². The predicted molar refractivity (Wildman–Crippen MR) is 120 cm³/mol. The third-order valence-electron chi connectivity index (χ3n) is 4.32. The van der Waals surface area contributed by atoms with Crippen LogP contribution in [0.25, 0.3) is 0 Å². The Morgan fingerprint density at radius 1 is 0.903 bits per heavy atom. The molecule has 0 saturated carbocycles. The van der Waals surface area contributed by atoms with Gasteiger partial charge in [0.05, 0.1) is 5.56 Å². The third kappa shape index (κ3) is 8.45. The second-order valence-corrected chi connectivity index (χ2v) is 8.21. The Hall–Kier alpha value is -2.81. The number of nitrogens with zero attached hydrogens (tertiary/aromatic N) is 2. The van der Waals surface area contributed by atoms with Crippen LogP contribution in [0.15, 0.2) is 70.5 Å². The lowest BCUT2D eigenvalue weighted by Gasteiger charge is -2.32. The monoisotopic (exact) mass is 462 g/mol. The van der Waals surface area contributed by atoms with Gasteiger partial charge in [0.2, 0.25) is 0 Å². The first-order valence-electron chi connectivity index (χ1n) is 9.40. The number of rotatable bonds is 5. The zero-order chi connectivity index (χ0) is 22.8. The largest absolute Gasteiger partial charge is 0.478 e. The van der Waals surface area contributed by atoms with E-state index in [1.807, 2.05) is 53.4 Å². The molecular formula is C22H23ClN2O5S. The lowest BCUT2D eigenvalue weighted by Crippen LogP contribution is -2.47. The summed E-state index contributed by atoms with van der Waals surface area (Å²) in [6, 6.07) is 15.5. The molecular weight excluding hydrogens is 440 g/mol. The highest BCUT2D eigenvalue weighted by Gasteiger charge is 2.22. The van der Waals surface area contributed by atoms with E-state index in [1.165, 1.54) is 0 Å². The van der Waals surface area contributed by atoms with Crippen molar-refractivity contribution in [2.24, 2.45) is 0 Å². The van der Waals surface area contributed by atoms with Gasteiger partial charge in [-0.05, 0) is 43.4 Å². The minimum atomic E-state index is -1.26. The molecule has 0 aromatic heterocycles. The van der Waals surface area contributed by atoms with Gasteiger partial charge in [-0.15, -0.1) is 0 Å². The molecule has 0 unspecified atom stereocenters. The fourth-order valence-electron chi connectivity index (χ4n) is 2.68. The normalized spacial score (nSPS) is 14.1. The molecule has 0 atom stereocenters. The van der Waals surface area contributed by atoms with E-state index in [0.717, 1.165) is 46.6 Å². The first-order valence-corrected chi connectivity index (χ1v) is 10.6. The second kappa shape index (κ2) is 12.1. The van der Waals surface area contributed by atoms with Crippen molar-refractivity contribution in [3.8, 4) is 0 Å². The van der Waals surface area contributed by atoms with Crippen LogP contribution in [-0.2, 0) is 9.59 Å². The summed E-state index contributed by atoms with van der Waals surface area (Å²) in [5.74, 6) is -2.39. The standard InChI is InChI=1S/C18H19ClN2OS.C4H4O4/c1-20-10-12-21(13-11-20)18(22)16-4-2-3-5-17(16)23-15-8-6-14(19)7-9-15;5-3(6)1-2-4(7)8/h2-9H,10-13H2,1H3;1-2H,(H,5,6)(H,7,8)/b;2-1-. The molecule has 1 saturated heterocycles. The maximum Gasteiger partial charge on any atom is 0.328 e. The summed E-state index contributed by atoms with van der Waals surface area (Å²) < 4.78 is 0. The molecule has 1 heterocycles. The van der Waals surface area contributed by atoms with Gasteiger partial charge in [-0.25, -0.2) is 9.59 Å². The van der Waals surface area contributed by atoms with Crippen molar-refractivity contribution in [2.75, 3.05) is 33.2 Å². The average Bonchev–Trinajstić information content (AvgIpc) is 2.75. The Kier molecular flexibility index (Phi) is 9.58. The Balaban J connectivity index is 0.000000366. The number of halogens is 1. The summed E-state index contributed by atoms with van der Waals surface area (Å²) >= 11 is 7.53. The minimum absolute atomic E-state index is 0.121. The molecule has 0 aliphatic carbocycles. The number of aliphatic carboxylic acids is 2. The van der Waals surface area contributed by atoms with Crippen LogP contribution < -0.4 is 0 Å².